The van der Waals surface area contributed by atoms with Crippen molar-refractivity contribution in [1.29, 1.82) is 0 Å². The molecule has 2 N–H and O–H groups in total. The molecule has 12 heavy (non-hydrogen) atoms. The minimum Gasteiger partial charge on any atom is -0.327 e. The van der Waals surface area contributed by atoms with Crippen molar-refractivity contribution >= 4 is 0 Å². The standard InChI is InChI=1S/C9H21N3/c1-8(10)6-12-5-4-11(3)9(2)7-12/h8-9H,4-7,10H2,1-3H3/t8-,9?/m1/s1. The molecule has 1 rings (SSSR count). The highest BCUT2D eigenvalue weighted by Crippen LogP contribution is 2.06. The van der Waals surface area contributed by atoms with Crippen LogP contribution in [0, 0.1) is 0 Å². The number of nitrogens with zero attached hydrogens (tertiary/aromatic N) is 2. The van der Waals surface area contributed by atoms with Crippen LogP contribution in [0.4, 0.5) is 0 Å². The summed E-state index contributed by atoms with van der Waals surface area (Å²) in [7, 11) is 2.19. The van der Waals surface area contributed by atoms with Crippen molar-refractivity contribution in [1.82, 2.24) is 9.80 Å². The third kappa shape index (κ3) is 2.73. The van der Waals surface area contributed by atoms with Crippen molar-refractivity contribution in [2.75, 3.05) is 33.2 Å². The molecule has 3 heteroatoms. The molecule has 1 aliphatic rings. The van der Waals surface area contributed by atoms with Gasteiger partial charge in [-0.25, -0.2) is 0 Å². The minimum atomic E-state index is 0.306. The summed E-state index contributed by atoms with van der Waals surface area (Å²) in [5.41, 5.74) is 5.75. The Bertz CT molecular complexity index is 136. The molecule has 72 valence electrons. The maximum atomic E-state index is 5.75. The van der Waals surface area contributed by atoms with Crippen LogP contribution in [0.3, 0.4) is 0 Å². The second-order valence-corrected chi connectivity index (χ2v) is 4.07. The molecule has 0 saturated carbocycles. The molecule has 0 aromatic rings. The van der Waals surface area contributed by atoms with E-state index in [1.807, 2.05) is 0 Å². The van der Waals surface area contributed by atoms with Crippen molar-refractivity contribution in [2.45, 2.75) is 25.9 Å². The van der Waals surface area contributed by atoms with Gasteiger partial charge in [0.2, 0.25) is 0 Å². The van der Waals surface area contributed by atoms with Crippen LogP contribution in [0.1, 0.15) is 13.8 Å². The zero-order valence-electron chi connectivity index (χ0n) is 8.45. The first-order chi connectivity index (χ1) is 5.59. The van der Waals surface area contributed by atoms with Gasteiger partial charge in [0.05, 0.1) is 0 Å². The van der Waals surface area contributed by atoms with Gasteiger partial charge in [0.15, 0.2) is 0 Å². The van der Waals surface area contributed by atoms with Crippen molar-refractivity contribution in [3.05, 3.63) is 0 Å². The van der Waals surface area contributed by atoms with Crippen LogP contribution in [0.25, 0.3) is 0 Å². The first-order valence-electron chi connectivity index (χ1n) is 4.77. The molecule has 1 aliphatic heterocycles. The second kappa shape index (κ2) is 4.21. The summed E-state index contributed by atoms with van der Waals surface area (Å²) in [4.78, 5) is 4.85. The predicted molar refractivity (Wildman–Crippen MR) is 52.2 cm³/mol. The number of rotatable bonds is 2. The third-order valence-corrected chi connectivity index (χ3v) is 2.59. The Hall–Kier alpha value is -0.120. The highest BCUT2D eigenvalue weighted by Gasteiger charge is 2.20. The Labute approximate surface area is 75.5 Å². The maximum absolute atomic E-state index is 5.75. The fraction of sp³-hybridized carbons (Fsp3) is 1.00. The molecule has 0 amide bonds. The van der Waals surface area contributed by atoms with E-state index in [4.69, 9.17) is 5.73 Å². The van der Waals surface area contributed by atoms with Crippen molar-refractivity contribution in [3.63, 3.8) is 0 Å². The third-order valence-electron chi connectivity index (χ3n) is 2.59. The van der Waals surface area contributed by atoms with E-state index in [0.29, 0.717) is 12.1 Å². The van der Waals surface area contributed by atoms with E-state index in [1.54, 1.807) is 0 Å². The summed E-state index contributed by atoms with van der Waals surface area (Å²) in [6.07, 6.45) is 0. The summed E-state index contributed by atoms with van der Waals surface area (Å²) < 4.78 is 0. The van der Waals surface area contributed by atoms with E-state index >= 15 is 0 Å². The van der Waals surface area contributed by atoms with E-state index in [-0.39, 0.29) is 0 Å². The maximum Gasteiger partial charge on any atom is 0.0192 e. The predicted octanol–water partition coefficient (Wildman–Crippen LogP) is -0.0305. The molecule has 0 bridgehead atoms. The van der Waals surface area contributed by atoms with E-state index in [2.05, 4.69) is 30.7 Å². The smallest absolute Gasteiger partial charge is 0.0192 e. The van der Waals surface area contributed by atoms with Gasteiger partial charge in [-0.05, 0) is 20.9 Å². The summed E-state index contributed by atoms with van der Waals surface area (Å²) in [6, 6.07) is 0.984. The number of likely N-dealkylation sites (N-methyl/N-ethyl adjacent to an activating group) is 1. The molecule has 1 unspecified atom stereocenters. The van der Waals surface area contributed by atoms with Crippen LogP contribution >= 0.6 is 0 Å². The van der Waals surface area contributed by atoms with Gasteiger partial charge in [-0.2, -0.15) is 0 Å². The van der Waals surface area contributed by atoms with Crippen LogP contribution < -0.4 is 5.73 Å². The van der Waals surface area contributed by atoms with Gasteiger partial charge >= 0.3 is 0 Å². The highest BCUT2D eigenvalue weighted by atomic mass is 15.3. The van der Waals surface area contributed by atoms with Gasteiger partial charge in [-0.1, -0.05) is 0 Å². The average molecular weight is 171 g/mol. The molecule has 0 aliphatic carbocycles. The first-order valence-corrected chi connectivity index (χ1v) is 4.77. The molecular formula is C9H21N3. The highest BCUT2D eigenvalue weighted by molar-refractivity contribution is 4.78. The van der Waals surface area contributed by atoms with Gasteiger partial charge in [-0.3, -0.25) is 4.90 Å². The Kier molecular flexibility index (Phi) is 3.50. The van der Waals surface area contributed by atoms with Gasteiger partial charge < -0.3 is 10.6 Å². The molecule has 1 heterocycles. The van der Waals surface area contributed by atoms with E-state index in [9.17, 15) is 0 Å². The summed E-state index contributed by atoms with van der Waals surface area (Å²) in [5, 5.41) is 0. The average Bonchev–Trinajstić information content (AvgIpc) is 1.96. The fourth-order valence-electron chi connectivity index (χ4n) is 1.70. The Balaban J connectivity index is 2.30. The molecule has 1 saturated heterocycles. The van der Waals surface area contributed by atoms with Crippen LogP contribution in [-0.2, 0) is 0 Å². The molecule has 3 nitrogen and oxygen atoms in total. The zero-order chi connectivity index (χ0) is 9.14. The number of piperazine rings is 1. The summed E-state index contributed by atoms with van der Waals surface area (Å²) in [6.45, 7) is 8.89. The minimum absolute atomic E-state index is 0.306. The largest absolute Gasteiger partial charge is 0.327 e. The van der Waals surface area contributed by atoms with Crippen molar-refractivity contribution in [3.8, 4) is 0 Å². The van der Waals surface area contributed by atoms with Crippen LogP contribution in [0.15, 0.2) is 0 Å². The fourth-order valence-corrected chi connectivity index (χ4v) is 1.70. The lowest BCUT2D eigenvalue weighted by Crippen LogP contribution is -2.52. The van der Waals surface area contributed by atoms with Gasteiger partial charge in [0.25, 0.3) is 0 Å². The van der Waals surface area contributed by atoms with Crippen molar-refractivity contribution in [2.24, 2.45) is 5.73 Å². The SMILES string of the molecule is CC1CN(C[C@@H](C)N)CCN1C. The molecule has 2 atom stereocenters. The van der Waals surface area contributed by atoms with Crippen LogP contribution in [-0.4, -0.2) is 55.1 Å². The zero-order valence-corrected chi connectivity index (χ0v) is 8.45. The lowest BCUT2D eigenvalue weighted by molar-refractivity contribution is 0.102. The summed E-state index contributed by atoms with van der Waals surface area (Å²) in [5.74, 6) is 0. The molecule has 1 fully saturated rings. The monoisotopic (exact) mass is 171 g/mol. The molecule has 0 aromatic heterocycles. The number of hydrogen-bond donors (Lipinski definition) is 1. The van der Waals surface area contributed by atoms with Crippen LogP contribution in [0.2, 0.25) is 0 Å². The van der Waals surface area contributed by atoms with Gasteiger partial charge in [0, 0.05) is 38.3 Å². The lowest BCUT2D eigenvalue weighted by atomic mass is 10.2. The summed E-state index contributed by atoms with van der Waals surface area (Å²) >= 11 is 0. The van der Waals surface area contributed by atoms with E-state index < -0.39 is 0 Å². The molecule has 0 spiro atoms. The van der Waals surface area contributed by atoms with Crippen LogP contribution in [0.5, 0.6) is 0 Å². The Morgan fingerprint density at radius 1 is 1.50 bits per heavy atom. The number of nitrogens with two attached hydrogens (primary N) is 1. The molecular weight excluding hydrogens is 150 g/mol. The molecule has 0 radical (unpaired) electrons. The second-order valence-electron chi connectivity index (χ2n) is 4.07. The Morgan fingerprint density at radius 2 is 2.17 bits per heavy atom. The normalized spacial score (nSPS) is 30.5. The number of hydrogen-bond acceptors (Lipinski definition) is 3. The van der Waals surface area contributed by atoms with Crippen molar-refractivity contribution < 1.29 is 0 Å². The first kappa shape index (κ1) is 9.96. The van der Waals surface area contributed by atoms with E-state index in [1.165, 1.54) is 13.1 Å². The quantitative estimate of drug-likeness (QED) is 0.633. The molecule has 0 aromatic carbocycles. The Morgan fingerprint density at radius 3 is 2.67 bits per heavy atom. The topological polar surface area (TPSA) is 32.5 Å². The lowest BCUT2D eigenvalue weighted by Gasteiger charge is -2.38. The van der Waals surface area contributed by atoms with E-state index in [0.717, 1.165) is 13.1 Å². The van der Waals surface area contributed by atoms with Gasteiger partial charge in [-0.15, -0.1) is 0 Å². The van der Waals surface area contributed by atoms with Gasteiger partial charge in [0.1, 0.15) is 0 Å².